The average Bonchev–Trinajstić information content (AvgIpc) is 2.86. The lowest BCUT2D eigenvalue weighted by Crippen LogP contribution is -2.49. The van der Waals surface area contributed by atoms with E-state index in [-0.39, 0.29) is 29.0 Å². The molecule has 0 saturated heterocycles. The fourth-order valence-electron chi connectivity index (χ4n) is 4.08. The Morgan fingerprint density at radius 3 is 2.05 bits per heavy atom. The van der Waals surface area contributed by atoms with Gasteiger partial charge >= 0.3 is 5.97 Å². The molecule has 2 rings (SSSR count). The van der Waals surface area contributed by atoms with E-state index >= 15 is 0 Å². The summed E-state index contributed by atoms with van der Waals surface area (Å²) in [5, 5.41) is 25.1. The maximum Gasteiger partial charge on any atom is 0.326 e. The minimum absolute atomic E-state index is 0.103. The summed E-state index contributed by atoms with van der Waals surface area (Å²) in [4.78, 5) is 51.4. The van der Waals surface area contributed by atoms with Gasteiger partial charge in [-0.1, -0.05) is 19.9 Å². The zero-order valence-electron chi connectivity index (χ0n) is 22.4. The lowest BCUT2D eigenvalue weighted by Gasteiger charge is -2.25. The fraction of sp³-hybridized carbons (Fsp3) is 0.429. The number of hydrogen-bond donors (Lipinski definition) is 4. The molecule has 3 amide bonds. The minimum Gasteiger partial charge on any atom is -0.480 e. The summed E-state index contributed by atoms with van der Waals surface area (Å²) >= 11 is 0. The molecular formula is C28H35F2N3O6. The number of rotatable bonds is 13. The quantitative estimate of drug-likeness (QED) is 0.305. The molecule has 3 atom stereocenters. The van der Waals surface area contributed by atoms with Crippen molar-refractivity contribution in [1.82, 2.24) is 15.5 Å². The summed E-state index contributed by atoms with van der Waals surface area (Å²) in [6.45, 7) is 7.83. The van der Waals surface area contributed by atoms with Crippen molar-refractivity contribution in [3.05, 3.63) is 70.8 Å². The molecule has 212 valence electrons. The van der Waals surface area contributed by atoms with Gasteiger partial charge < -0.3 is 25.7 Å². The highest BCUT2D eigenvalue weighted by molar-refractivity contribution is 5.99. The van der Waals surface area contributed by atoms with Gasteiger partial charge in [-0.25, -0.2) is 13.6 Å². The van der Waals surface area contributed by atoms with E-state index in [2.05, 4.69) is 10.6 Å². The van der Waals surface area contributed by atoms with Crippen molar-refractivity contribution in [1.29, 1.82) is 0 Å². The third-order valence-corrected chi connectivity index (χ3v) is 6.23. The number of carboxylic acid groups (broad SMARTS) is 1. The summed E-state index contributed by atoms with van der Waals surface area (Å²) < 4.78 is 27.6. The van der Waals surface area contributed by atoms with Gasteiger partial charge in [0, 0.05) is 30.3 Å². The topological polar surface area (TPSA) is 136 Å². The number of benzene rings is 2. The molecule has 0 bridgehead atoms. The van der Waals surface area contributed by atoms with Gasteiger partial charge in [-0.2, -0.15) is 0 Å². The van der Waals surface area contributed by atoms with Crippen LogP contribution in [0.5, 0.6) is 0 Å². The molecular weight excluding hydrogens is 512 g/mol. The molecule has 9 nitrogen and oxygen atoms in total. The van der Waals surface area contributed by atoms with Gasteiger partial charge in [0.2, 0.25) is 5.91 Å². The summed E-state index contributed by atoms with van der Waals surface area (Å²) in [6, 6.07) is 6.34. The van der Waals surface area contributed by atoms with Crippen LogP contribution in [0.2, 0.25) is 0 Å². The number of aliphatic carboxylic acids is 1. The molecule has 11 heteroatoms. The number of carboxylic acids is 1. The normalized spacial score (nSPS) is 13.3. The predicted molar refractivity (Wildman–Crippen MR) is 140 cm³/mol. The molecule has 0 fully saturated rings. The molecule has 0 heterocycles. The van der Waals surface area contributed by atoms with Gasteiger partial charge in [0.25, 0.3) is 11.8 Å². The number of aliphatic hydroxyl groups excluding tert-OH is 1. The summed E-state index contributed by atoms with van der Waals surface area (Å²) in [5.74, 6) is -5.11. The van der Waals surface area contributed by atoms with Crippen molar-refractivity contribution in [2.75, 3.05) is 13.1 Å². The second kappa shape index (κ2) is 14.3. The van der Waals surface area contributed by atoms with Gasteiger partial charge in [0.15, 0.2) is 0 Å². The van der Waals surface area contributed by atoms with Crippen LogP contribution in [-0.4, -0.2) is 70.1 Å². The zero-order valence-corrected chi connectivity index (χ0v) is 22.4. The van der Waals surface area contributed by atoms with Crippen LogP contribution in [0.25, 0.3) is 0 Å². The lowest BCUT2D eigenvalue weighted by atomic mass is 9.97. The molecule has 0 aromatic heterocycles. The monoisotopic (exact) mass is 547 g/mol. The maximum atomic E-state index is 13.8. The highest BCUT2D eigenvalue weighted by Gasteiger charge is 2.29. The Labute approximate surface area is 226 Å². The fourth-order valence-corrected chi connectivity index (χ4v) is 4.08. The molecule has 0 aliphatic rings. The Hall–Kier alpha value is -3.86. The Morgan fingerprint density at radius 1 is 0.923 bits per heavy atom. The number of carbonyl (C=O) groups is 4. The van der Waals surface area contributed by atoms with Crippen molar-refractivity contribution in [3.63, 3.8) is 0 Å². The standard InChI is InChI=1S/C28H35F2N3O6/c1-5-33(6-2)27(37)19-9-7-8-18(13-19)26(36)31-22(12-17-10-20(29)14-21(30)11-17)23(34)15-24(35)32-25(16(3)4)28(38)39/h7-11,13-14,16,22-23,25,34H,5-6,12,15H2,1-4H3,(H,31,36)(H,32,35)(H,38,39)/t22-,23+,25-/m0/s1. The number of nitrogens with zero attached hydrogens (tertiary/aromatic N) is 1. The van der Waals surface area contributed by atoms with Crippen LogP contribution in [0.15, 0.2) is 42.5 Å². The van der Waals surface area contributed by atoms with E-state index in [1.54, 1.807) is 24.8 Å². The molecule has 39 heavy (non-hydrogen) atoms. The van der Waals surface area contributed by atoms with Crippen molar-refractivity contribution < 1.29 is 38.2 Å². The van der Waals surface area contributed by atoms with Crippen LogP contribution >= 0.6 is 0 Å². The second-order valence-electron chi connectivity index (χ2n) is 9.52. The second-order valence-corrected chi connectivity index (χ2v) is 9.52. The van der Waals surface area contributed by atoms with E-state index in [4.69, 9.17) is 0 Å². The summed E-state index contributed by atoms with van der Waals surface area (Å²) in [7, 11) is 0. The van der Waals surface area contributed by atoms with E-state index in [0.29, 0.717) is 19.2 Å². The van der Waals surface area contributed by atoms with Crippen molar-refractivity contribution >= 4 is 23.7 Å². The molecule has 4 N–H and O–H groups in total. The summed E-state index contributed by atoms with van der Waals surface area (Å²) in [5.41, 5.74) is 0.502. The Balaban J connectivity index is 2.29. The van der Waals surface area contributed by atoms with Crippen molar-refractivity contribution in [3.8, 4) is 0 Å². The number of amides is 3. The highest BCUT2D eigenvalue weighted by Crippen LogP contribution is 2.15. The number of halogens is 2. The van der Waals surface area contributed by atoms with Gasteiger partial charge in [0.05, 0.1) is 18.6 Å². The van der Waals surface area contributed by atoms with E-state index < -0.39 is 59.9 Å². The van der Waals surface area contributed by atoms with Crippen LogP contribution in [0.1, 0.15) is 60.4 Å². The highest BCUT2D eigenvalue weighted by atomic mass is 19.1. The first-order chi connectivity index (χ1) is 18.4. The van der Waals surface area contributed by atoms with Gasteiger partial charge in [-0.15, -0.1) is 0 Å². The molecule has 2 aromatic carbocycles. The molecule has 0 saturated carbocycles. The first-order valence-electron chi connectivity index (χ1n) is 12.7. The maximum absolute atomic E-state index is 13.8. The van der Waals surface area contributed by atoms with Crippen LogP contribution < -0.4 is 10.6 Å². The van der Waals surface area contributed by atoms with E-state index in [9.17, 15) is 38.2 Å². The van der Waals surface area contributed by atoms with Gasteiger partial charge in [0.1, 0.15) is 17.7 Å². The largest absolute Gasteiger partial charge is 0.480 e. The minimum atomic E-state index is -1.54. The van der Waals surface area contributed by atoms with Crippen molar-refractivity contribution in [2.24, 2.45) is 5.92 Å². The Kier molecular flexibility index (Phi) is 11.5. The molecule has 2 aromatic rings. The number of hydrogen-bond acceptors (Lipinski definition) is 5. The van der Waals surface area contributed by atoms with E-state index in [1.807, 2.05) is 13.8 Å². The Bertz CT molecular complexity index is 1170. The van der Waals surface area contributed by atoms with Gasteiger partial charge in [-0.05, 0) is 62.1 Å². The van der Waals surface area contributed by atoms with E-state index in [1.165, 1.54) is 18.2 Å². The van der Waals surface area contributed by atoms with Crippen LogP contribution in [0.4, 0.5) is 8.78 Å². The predicted octanol–water partition coefficient (Wildman–Crippen LogP) is 2.76. The molecule has 0 unspecified atom stereocenters. The van der Waals surface area contributed by atoms with Gasteiger partial charge in [-0.3, -0.25) is 14.4 Å². The lowest BCUT2D eigenvalue weighted by molar-refractivity contribution is -0.143. The van der Waals surface area contributed by atoms with Crippen molar-refractivity contribution in [2.45, 2.75) is 58.7 Å². The summed E-state index contributed by atoms with van der Waals surface area (Å²) in [6.07, 6.45) is -2.36. The first-order valence-corrected chi connectivity index (χ1v) is 12.7. The first kappa shape index (κ1) is 31.4. The van der Waals surface area contributed by atoms with Crippen LogP contribution in [-0.2, 0) is 16.0 Å². The smallest absolute Gasteiger partial charge is 0.326 e. The number of aliphatic hydroxyl groups is 1. The Morgan fingerprint density at radius 2 is 1.51 bits per heavy atom. The third kappa shape index (κ3) is 9.13. The third-order valence-electron chi connectivity index (χ3n) is 6.23. The molecule has 0 radical (unpaired) electrons. The van der Waals surface area contributed by atoms with Crippen LogP contribution in [0, 0.1) is 17.6 Å². The molecule has 0 spiro atoms. The average molecular weight is 548 g/mol. The number of carbonyl (C=O) groups excluding carboxylic acids is 3. The van der Waals surface area contributed by atoms with Crippen LogP contribution in [0.3, 0.4) is 0 Å². The molecule has 0 aliphatic heterocycles. The molecule has 0 aliphatic carbocycles. The zero-order chi connectivity index (χ0) is 29.3. The SMILES string of the molecule is CCN(CC)C(=O)c1cccc(C(=O)N[C@@H](Cc2cc(F)cc(F)c2)[C@H](O)CC(=O)N[C@H](C(=O)O)C(C)C)c1. The van der Waals surface area contributed by atoms with E-state index in [0.717, 1.165) is 12.1 Å². The number of nitrogens with one attached hydrogen (secondary N) is 2.